The van der Waals surface area contributed by atoms with Crippen LogP contribution in [-0.2, 0) is 0 Å². The van der Waals surface area contributed by atoms with Crippen LogP contribution >= 0.6 is 0 Å². The number of hydrogen-bond donors (Lipinski definition) is 1. The van der Waals surface area contributed by atoms with Gasteiger partial charge >= 0.3 is 0 Å². The fraction of sp³-hybridized carbons (Fsp3) is 0.0455. The van der Waals surface area contributed by atoms with Crippen molar-refractivity contribution >= 4 is 0 Å². The van der Waals surface area contributed by atoms with Crippen molar-refractivity contribution < 1.29 is 9.47 Å². The van der Waals surface area contributed by atoms with Gasteiger partial charge in [-0.05, 0) is 72.3 Å². The van der Waals surface area contributed by atoms with Crippen molar-refractivity contribution in [3.63, 3.8) is 0 Å². The fourth-order valence-electron chi connectivity index (χ4n) is 2.71. The number of aromatic nitrogens is 2. The average molecular weight is 342 g/mol. The molecule has 0 saturated carbocycles. The standard InChI is InChI=1S/C22H18N2O2/c1-25-18-11-7-16(8-12-18)21-15-22(24-23-21)17-9-13-20(14-10-17)26-19-5-3-2-4-6-19/h2-15H,1H3,(H,23,24). The average Bonchev–Trinajstić information content (AvgIpc) is 3.20. The van der Waals surface area contributed by atoms with Crippen LogP contribution in [0.15, 0.2) is 84.9 Å². The first-order chi connectivity index (χ1) is 12.8. The fourth-order valence-corrected chi connectivity index (χ4v) is 2.71. The number of ether oxygens (including phenoxy) is 2. The number of hydrogen-bond acceptors (Lipinski definition) is 3. The Hall–Kier alpha value is -3.53. The molecular formula is C22H18N2O2. The van der Waals surface area contributed by atoms with Gasteiger partial charge in [-0.2, -0.15) is 5.10 Å². The van der Waals surface area contributed by atoms with E-state index in [-0.39, 0.29) is 0 Å². The van der Waals surface area contributed by atoms with Gasteiger partial charge < -0.3 is 9.47 Å². The molecule has 26 heavy (non-hydrogen) atoms. The lowest BCUT2D eigenvalue weighted by Gasteiger charge is -2.05. The molecule has 0 aliphatic heterocycles. The third-order valence-electron chi connectivity index (χ3n) is 4.11. The largest absolute Gasteiger partial charge is 0.497 e. The second-order valence-electron chi connectivity index (χ2n) is 5.83. The summed E-state index contributed by atoms with van der Waals surface area (Å²) < 4.78 is 11.0. The molecule has 0 saturated heterocycles. The van der Waals surface area contributed by atoms with E-state index in [1.165, 1.54) is 0 Å². The molecule has 1 N–H and O–H groups in total. The highest BCUT2D eigenvalue weighted by atomic mass is 16.5. The summed E-state index contributed by atoms with van der Waals surface area (Å²) in [5, 5.41) is 7.51. The minimum Gasteiger partial charge on any atom is -0.497 e. The van der Waals surface area contributed by atoms with E-state index < -0.39 is 0 Å². The summed E-state index contributed by atoms with van der Waals surface area (Å²) in [7, 11) is 1.66. The summed E-state index contributed by atoms with van der Waals surface area (Å²) >= 11 is 0. The minimum absolute atomic E-state index is 0.801. The molecule has 0 aliphatic rings. The normalized spacial score (nSPS) is 10.5. The molecule has 4 aromatic rings. The van der Waals surface area contributed by atoms with E-state index in [4.69, 9.17) is 9.47 Å². The summed E-state index contributed by atoms with van der Waals surface area (Å²) in [5.74, 6) is 2.46. The highest BCUT2D eigenvalue weighted by Crippen LogP contribution is 2.28. The van der Waals surface area contributed by atoms with E-state index in [1.807, 2.05) is 84.9 Å². The van der Waals surface area contributed by atoms with Gasteiger partial charge in [-0.25, -0.2) is 0 Å². The minimum atomic E-state index is 0.801. The third kappa shape index (κ3) is 3.44. The molecule has 0 aliphatic carbocycles. The summed E-state index contributed by atoms with van der Waals surface area (Å²) in [6, 6.07) is 27.6. The van der Waals surface area contributed by atoms with Crippen LogP contribution in [0, 0.1) is 0 Å². The van der Waals surface area contributed by atoms with E-state index >= 15 is 0 Å². The predicted molar refractivity (Wildman–Crippen MR) is 103 cm³/mol. The SMILES string of the molecule is COc1ccc(-c2cc(-c3ccc(Oc4ccccc4)cc3)[nH]n2)cc1. The van der Waals surface area contributed by atoms with E-state index in [9.17, 15) is 0 Å². The lowest BCUT2D eigenvalue weighted by atomic mass is 10.1. The number of rotatable bonds is 5. The molecule has 0 fully saturated rings. The third-order valence-corrected chi connectivity index (χ3v) is 4.11. The molecule has 0 radical (unpaired) electrons. The maximum Gasteiger partial charge on any atom is 0.127 e. The van der Waals surface area contributed by atoms with Gasteiger partial charge in [0.2, 0.25) is 0 Å². The van der Waals surface area contributed by atoms with Gasteiger partial charge in [0.25, 0.3) is 0 Å². The van der Waals surface area contributed by atoms with Crippen molar-refractivity contribution in [3.05, 3.63) is 84.9 Å². The maximum atomic E-state index is 5.83. The zero-order valence-electron chi connectivity index (χ0n) is 14.3. The number of methoxy groups -OCH3 is 1. The molecule has 1 aromatic heterocycles. The Labute approximate surface area is 152 Å². The van der Waals surface area contributed by atoms with Crippen molar-refractivity contribution in [2.45, 2.75) is 0 Å². The quantitative estimate of drug-likeness (QED) is 0.517. The van der Waals surface area contributed by atoms with Gasteiger partial charge in [0.05, 0.1) is 18.5 Å². The first-order valence-corrected chi connectivity index (χ1v) is 8.35. The zero-order valence-corrected chi connectivity index (χ0v) is 14.3. The van der Waals surface area contributed by atoms with Gasteiger partial charge in [0, 0.05) is 5.56 Å². The van der Waals surface area contributed by atoms with E-state index in [1.54, 1.807) is 7.11 Å². The molecule has 4 heteroatoms. The van der Waals surface area contributed by atoms with E-state index in [2.05, 4.69) is 10.2 Å². The summed E-state index contributed by atoms with van der Waals surface area (Å²) in [5.41, 5.74) is 3.95. The van der Waals surface area contributed by atoms with Crippen LogP contribution in [0.1, 0.15) is 0 Å². The lowest BCUT2D eigenvalue weighted by Crippen LogP contribution is -1.84. The van der Waals surface area contributed by atoms with Crippen LogP contribution in [0.3, 0.4) is 0 Å². The van der Waals surface area contributed by atoms with Gasteiger partial charge in [-0.15, -0.1) is 0 Å². The number of para-hydroxylation sites is 1. The first-order valence-electron chi connectivity index (χ1n) is 8.35. The Bertz CT molecular complexity index is 975. The molecular weight excluding hydrogens is 324 g/mol. The van der Waals surface area contributed by atoms with Gasteiger partial charge in [0.1, 0.15) is 17.2 Å². The van der Waals surface area contributed by atoms with Crippen molar-refractivity contribution in [3.8, 4) is 39.8 Å². The second-order valence-corrected chi connectivity index (χ2v) is 5.83. The van der Waals surface area contributed by atoms with Gasteiger partial charge in [-0.1, -0.05) is 18.2 Å². The molecule has 0 bridgehead atoms. The van der Waals surface area contributed by atoms with Crippen LogP contribution in [-0.4, -0.2) is 17.3 Å². The molecule has 3 aromatic carbocycles. The van der Waals surface area contributed by atoms with Crippen LogP contribution < -0.4 is 9.47 Å². The molecule has 0 unspecified atom stereocenters. The van der Waals surface area contributed by atoms with Crippen molar-refractivity contribution in [1.82, 2.24) is 10.2 Å². The number of nitrogens with one attached hydrogen (secondary N) is 1. The highest BCUT2D eigenvalue weighted by molar-refractivity contribution is 5.68. The van der Waals surface area contributed by atoms with Crippen LogP contribution in [0.5, 0.6) is 17.2 Å². The molecule has 0 spiro atoms. The van der Waals surface area contributed by atoms with Gasteiger partial charge in [-0.3, -0.25) is 5.10 Å². The van der Waals surface area contributed by atoms with Crippen LogP contribution in [0.25, 0.3) is 22.5 Å². The summed E-state index contributed by atoms with van der Waals surface area (Å²) in [6.07, 6.45) is 0. The number of H-pyrrole nitrogens is 1. The molecule has 4 nitrogen and oxygen atoms in total. The molecule has 1 heterocycles. The van der Waals surface area contributed by atoms with E-state index in [0.29, 0.717) is 0 Å². The Morgan fingerprint density at radius 1 is 0.692 bits per heavy atom. The van der Waals surface area contributed by atoms with Crippen LogP contribution in [0.4, 0.5) is 0 Å². The van der Waals surface area contributed by atoms with E-state index in [0.717, 1.165) is 39.8 Å². The summed E-state index contributed by atoms with van der Waals surface area (Å²) in [6.45, 7) is 0. The maximum absolute atomic E-state index is 5.83. The monoisotopic (exact) mass is 342 g/mol. The first kappa shape index (κ1) is 16.0. The van der Waals surface area contributed by atoms with Crippen molar-refractivity contribution in [2.75, 3.05) is 7.11 Å². The predicted octanol–water partition coefficient (Wildman–Crippen LogP) is 5.54. The molecule has 0 atom stereocenters. The van der Waals surface area contributed by atoms with Crippen LogP contribution in [0.2, 0.25) is 0 Å². The second kappa shape index (κ2) is 7.15. The summed E-state index contributed by atoms with van der Waals surface area (Å²) in [4.78, 5) is 0. The molecule has 0 amide bonds. The number of nitrogens with zero attached hydrogens (tertiary/aromatic N) is 1. The highest BCUT2D eigenvalue weighted by Gasteiger charge is 2.07. The number of aromatic amines is 1. The Balaban J connectivity index is 1.52. The lowest BCUT2D eigenvalue weighted by molar-refractivity contribution is 0.415. The Kier molecular flexibility index (Phi) is 4.39. The Morgan fingerprint density at radius 2 is 1.31 bits per heavy atom. The molecule has 128 valence electrons. The van der Waals surface area contributed by atoms with Crippen molar-refractivity contribution in [1.29, 1.82) is 0 Å². The smallest absolute Gasteiger partial charge is 0.127 e. The Morgan fingerprint density at radius 3 is 2.00 bits per heavy atom. The number of benzene rings is 3. The topological polar surface area (TPSA) is 47.1 Å². The zero-order chi connectivity index (χ0) is 17.8. The molecule has 4 rings (SSSR count). The van der Waals surface area contributed by atoms with Gasteiger partial charge in [0.15, 0.2) is 0 Å². The van der Waals surface area contributed by atoms with Crippen molar-refractivity contribution in [2.24, 2.45) is 0 Å².